The van der Waals surface area contributed by atoms with Crippen molar-refractivity contribution in [2.24, 2.45) is 0 Å². The standard InChI is InChI=1S/C11H16N.HI/c1-12(9-5-6-10-12)11-7-3-2-4-8-11;/h2-4,7-8H,5-6,9-10H2,1H3;1H/q+1;/p-1. The number of benzene rings is 1. The highest BCUT2D eigenvalue weighted by atomic mass is 127. The van der Waals surface area contributed by atoms with Gasteiger partial charge in [0.15, 0.2) is 0 Å². The minimum absolute atomic E-state index is 0. The molecule has 1 nitrogen and oxygen atoms in total. The molecule has 0 N–H and O–H groups in total. The molecule has 72 valence electrons. The van der Waals surface area contributed by atoms with Gasteiger partial charge < -0.3 is 24.0 Å². The normalized spacial score (nSPS) is 19.5. The Labute approximate surface area is 97.4 Å². The van der Waals surface area contributed by atoms with Crippen LogP contribution in [0.15, 0.2) is 30.3 Å². The van der Waals surface area contributed by atoms with Gasteiger partial charge in [0.1, 0.15) is 5.69 Å². The van der Waals surface area contributed by atoms with Crippen molar-refractivity contribution in [3.8, 4) is 0 Å². The zero-order valence-corrected chi connectivity index (χ0v) is 10.2. The third-order valence-electron chi connectivity index (χ3n) is 2.93. The molecule has 13 heavy (non-hydrogen) atoms. The van der Waals surface area contributed by atoms with E-state index in [-0.39, 0.29) is 24.0 Å². The molecule has 1 fully saturated rings. The zero-order chi connectivity index (χ0) is 8.44. The Bertz CT molecular complexity index is 252. The first-order valence-electron chi connectivity index (χ1n) is 4.71. The van der Waals surface area contributed by atoms with Crippen LogP contribution in [0.1, 0.15) is 12.8 Å². The Morgan fingerprint density at radius 3 is 2.08 bits per heavy atom. The molecule has 1 aliphatic heterocycles. The van der Waals surface area contributed by atoms with Crippen LogP contribution in [0.5, 0.6) is 0 Å². The molecule has 1 aromatic carbocycles. The number of rotatable bonds is 1. The van der Waals surface area contributed by atoms with Crippen LogP contribution in [0.4, 0.5) is 5.69 Å². The molecular formula is C11H16IN. The number of likely N-dealkylation sites (tertiary alicyclic amines) is 1. The van der Waals surface area contributed by atoms with E-state index in [0.29, 0.717) is 0 Å². The van der Waals surface area contributed by atoms with E-state index in [1.54, 1.807) is 0 Å². The fourth-order valence-electron chi connectivity index (χ4n) is 2.08. The van der Waals surface area contributed by atoms with Crippen molar-refractivity contribution in [2.75, 3.05) is 20.1 Å². The average Bonchev–Trinajstić information content (AvgIpc) is 2.55. The number of hydrogen-bond acceptors (Lipinski definition) is 0. The van der Waals surface area contributed by atoms with E-state index in [1.807, 2.05) is 0 Å². The largest absolute Gasteiger partial charge is 1.00 e. The Kier molecular flexibility index (Phi) is 3.74. The highest BCUT2D eigenvalue weighted by molar-refractivity contribution is 5.42. The summed E-state index contributed by atoms with van der Waals surface area (Å²) in [6.45, 7) is 2.62. The minimum atomic E-state index is 0. The maximum absolute atomic E-state index is 2.34. The summed E-state index contributed by atoms with van der Waals surface area (Å²) in [5, 5.41) is 0. The van der Waals surface area contributed by atoms with E-state index in [9.17, 15) is 0 Å². The van der Waals surface area contributed by atoms with E-state index >= 15 is 0 Å². The van der Waals surface area contributed by atoms with Crippen molar-refractivity contribution in [2.45, 2.75) is 12.8 Å². The van der Waals surface area contributed by atoms with E-state index < -0.39 is 0 Å². The van der Waals surface area contributed by atoms with E-state index in [2.05, 4.69) is 37.4 Å². The molecule has 0 atom stereocenters. The lowest BCUT2D eigenvalue weighted by molar-refractivity contribution is -0.00000254. The smallest absolute Gasteiger partial charge is 0.132 e. The molecule has 1 heterocycles. The van der Waals surface area contributed by atoms with Crippen LogP contribution in [0.25, 0.3) is 0 Å². The van der Waals surface area contributed by atoms with Crippen molar-refractivity contribution < 1.29 is 24.0 Å². The van der Waals surface area contributed by atoms with Gasteiger partial charge in [-0.25, -0.2) is 0 Å². The SMILES string of the molecule is C[N+]1(c2ccccc2)CCCC1.[I-]. The van der Waals surface area contributed by atoms with Gasteiger partial charge in [-0.1, -0.05) is 18.2 Å². The first kappa shape index (κ1) is 11.0. The molecule has 1 aromatic rings. The van der Waals surface area contributed by atoms with Crippen LogP contribution in [0.3, 0.4) is 0 Å². The highest BCUT2D eigenvalue weighted by Crippen LogP contribution is 2.26. The highest BCUT2D eigenvalue weighted by Gasteiger charge is 2.28. The van der Waals surface area contributed by atoms with Crippen molar-refractivity contribution in [1.29, 1.82) is 0 Å². The lowest BCUT2D eigenvalue weighted by Gasteiger charge is -2.28. The van der Waals surface area contributed by atoms with E-state index in [0.717, 1.165) is 4.48 Å². The maximum Gasteiger partial charge on any atom is 0.132 e. The van der Waals surface area contributed by atoms with Gasteiger partial charge in [0.2, 0.25) is 0 Å². The van der Waals surface area contributed by atoms with Gasteiger partial charge in [0.05, 0.1) is 20.1 Å². The summed E-state index contributed by atoms with van der Waals surface area (Å²) >= 11 is 0. The molecule has 0 saturated carbocycles. The van der Waals surface area contributed by atoms with Crippen molar-refractivity contribution in [3.05, 3.63) is 30.3 Å². The average molecular weight is 289 g/mol. The van der Waals surface area contributed by atoms with E-state index in [4.69, 9.17) is 0 Å². The maximum atomic E-state index is 2.34. The molecule has 2 heteroatoms. The molecule has 0 amide bonds. The second kappa shape index (κ2) is 4.42. The van der Waals surface area contributed by atoms with Crippen LogP contribution in [0.2, 0.25) is 0 Å². The van der Waals surface area contributed by atoms with Crippen molar-refractivity contribution in [3.63, 3.8) is 0 Å². The van der Waals surface area contributed by atoms with Crippen molar-refractivity contribution >= 4 is 5.69 Å². The molecule has 0 aromatic heterocycles. The van der Waals surface area contributed by atoms with Crippen LogP contribution >= 0.6 is 0 Å². The van der Waals surface area contributed by atoms with Gasteiger partial charge in [-0.05, 0) is 12.1 Å². The predicted molar refractivity (Wildman–Crippen MR) is 53.1 cm³/mol. The zero-order valence-electron chi connectivity index (χ0n) is 8.04. The first-order valence-corrected chi connectivity index (χ1v) is 4.71. The topological polar surface area (TPSA) is 0 Å². The van der Waals surface area contributed by atoms with Crippen LogP contribution in [-0.2, 0) is 0 Å². The monoisotopic (exact) mass is 289 g/mol. The van der Waals surface area contributed by atoms with Gasteiger partial charge in [-0.3, -0.25) is 4.48 Å². The van der Waals surface area contributed by atoms with Gasteiger partial charge in [0, 0.05) is 12.8 Å². The molecular weight excluding hydrogens is 273 g/mol. The molecule has 2 rings (SSSR count). The molecule has 0 aliphatic carbocycles. The molecule has 0 spiro atoms. The summed E-state index contributed by atoms with van der Waals surface area (Å²) in [5.74, 6) is 0. The molecule has 0 radical (unpaired) electrons. The van der Waals surface area contributed by atoms with Crippen molar-refractivity contribution in [1.82, 2.24) is 4.48 Å². The van der Waals surface area contributed by atoms with Crippen LogP contribution < -0.4 is 28.5 Å². The van der Waals surface area contributed by atoms with E-state index in [1.165, 1.54) is 31.6 Å². The lowest BCUT2D eigenvalue weighted by atomic mass is 10.2. The minimum Gasteiger partial charge on any atom is -1.00 e. The number of para-hydroxylation sites is 1. The third kappa shape index (κ3) is 2.23. The molecule has 0 bridgehead atoms. The lowest BCUT2D eigenvalue weighted by Crippen LogP contribution is -3.00. The quantitative estimate of drug-likeness (QED) is 0.479. The predicted octanol–water partition coefficient (Wildman–Crippen LogP) is -0.578. The summed E-state index contributed by atoms with van der Waals surface area (Å²) in [5.41, 5.74) is 1.47. The van der Waals surface area contributed by atoms with Gasteiger partial charge in [-0.15, -0.1) is 0 Å². The third-order valence-corrected chi connectivity index (χ3v) is 2.93. The Balaban J connectivity index is 0.000000845. The Morgan fingerprint density at radius 2 is 1.54 bits per heavy atom. The van der Waals surface area contributed by atoms with Gasteiger partial charge in [-0.2, -0.15) is 0 Å². The summed E-state index contributed by atoms with van der Waals surface area (Å²) in [4.78, 5) is 0. The summed E-state index contributed by atoms with van der Waals surface area (Å²) in [6.07, 6.45) is 2.76. The first-order chi connectivity index (χ1) is 5.81. The van der Waals surface area contributed by atoms with Gasteiger partial charge >= 0.3 is 0 Å². The van der Waals surface area contributed by atoms with Crippen LogP contribution in [-0.4, -0.2) is 20.1 Å². The molecule has 1 saturated heterocycles. The second-order valence-electron chi connectivity index (χ2n) is 3.89. The summed E-state index contributed by atoms with van der Waals surface area (Å²) in [6, 6.07) is 10.8. The second-order valence-corrected chi connectivity index (χ2v) is 3.89. The fourth-order valence-corrected chi connectivity index (χ4v) is 2.08. The van der Waals surface area contributed by atoms with Crippen LogP contribution in [0, 0.1) is 0 Å². The number of halogens is 1. The fraction of sp³-hybridized carbons (Fsp3) is 0.455. The molecule has 0 unspecified atom stereocenters. The van der Waals surface area contributed by atoms with Gasteiger partial charge in [0.25, 0.3) is 0 Å². The molecule has 1 aliphatic rings. The number of nitrogens with zero attached hydrogens (tertiary/aromatic N) is 1. The summed E-state index contributed by atoms with van der Waals surface area (Å²) < 4.78 is 1.14. The summed E-state index contributed by atoms with van der Waals surface area (Å²) in [7, 11) is 2.34. The Morgan fingerprint density at radius 1 is 1.00 bits per heavy atom. The Hall–Kier alpha value is -0.0900. The number of hydrogen-bond donors (Lipinski definition) is 0. The number of quaternary nitrogens is 1.